The molecule has 1 aliphatic rings. The Morgan fingerprint density at radius 1 is 1.19 bits per heavy atom. The summed E-state index contributed by atoms with van der Waals surface area (Å²) in [5, 5.41) is 11.7. The molecule has 27 heavy (non-hydrogen) atoms. The van der Waals surface area contributed by atoms with Crippen LogP contribution in [0.2, 0.25) is 0 Å². The zero-order chi connectivity index (χ0) is 19.2. The lowest BCUT2D eigenvalue weighted by atomic mass is 9.93. The third-order valence-corrected chi connectivity index (χ3v) is 4.45. The summed E-state index contributed by atoms with van der Waals surface area (Å²) in [4.78, 5) is 12.0. The van der Waals surface area contributed by atoms with Crippen LogP contribution in [-0.2, 0) is 27.5 Å². The van der Waals surface area contributed by atoms with Gasteiger partial charge in [-0.1, -0.05) is 36.4 Å². The van der Waals surface area contributed by atoms with E-state index in [0.29, 0.717) is 13.0 Å². The number of aliphatic hydroxyl groups is 1. The quantitative estimate of drug-likeness (QED) is 0.819. The molecule has 0 fully saturated rings. The minimum Gasteiger partial charge on any atom is -0.459 e. The van der Waals surface area contributed by atoms with E-state index < -0.39 is 6.29 Å². The Hall–Kier alpha value is -2.70. The van der Waals surface area contributed by atoms with E-state index in [4.69, 9.17) is 14.6 Å². The van der Waals surface area contributed by atoms with Crippen LogP contribution in [0, 0.1) is 5.82 Å². The monoisotopic (exact) mass is 371 g/mol. The van der Waals surface area contributed by atoms with E-state index >= 15 is 0 Å². The minimum atomic E-state index is -0.602. The van der Waals surface area contributed by atoms with Gasteiger partial charge < -0.3 is 19.9 Å². The van der Waals surface area contributed by atoms with Gasteiger partial charge in [-0.2, -0.15) is 0 Å². The number of rotatable bonds is 6. The van der Waals surface area contributed by atoms with Gasteiger partial charge in [-0.3, -0.25) is 4.79 Å². The molecule has 0 radical (unpaired) electrons. The Morgan fingerprint density at radius 2 is 1.85 bits per heavy atom. The van der Waals surface area contributed by atoms with Crippen molar-refractivity contribution in [3.05, 3.63) is 82.9 Å². The second-order valence-electron chi connectivity index (χ2n) is 6.34. The van der Waals surface area contributed by atoms with Crippen LogP contribution in [0.4, 0.5) is 4.39 Å². The van der Waals surface area contributed by atoms with Crippen molar-refractivity contribution in [2.75, 3.05) is 7.05 Å². The number of hydrogen-bond donors (Lipinski definition) is 2. The molecule has 0 bridgehead atoms. The van der Waals surface area contributed by atoms with E-state index in [-0.39, 0.29) is 30.0 Å². The molecule has 0 saturated carbocycles. The molecule has 2 N–H and O–H groups in total. The predicted octanol–water partition coefficient (Wildman–Crippen LogP) is 2.99. The molecule has 1 heterocycles. The number of carbonyl (C=O) groups excluding carboxylic acids is 1. The van der Waals surface area contributed by atoms with Crippen molar-refractivity contribution in [1.29, 1.82) is 0 Å². The Balaban J connectivity index is 1.72. The average molecular weight is 371 g/mol. The second-order valence-corrected chi connectivity index (χ2v) is 6.34. The fraction of sp³-hybridized carbons (Fsp3) is 0.286. The molecule has 3 rings (SSSR count). The highest BCUT2D eigenvalue weighted by Gasteiger charge is 2.28. The van der Waals surface area contributed by atoms with Crippen LogP contribution in [-0.4, -0.2) is 24.4 Å². The minimum absolute atomic E-state index is 0.00743. The van der Waals surface area contributed by atoms with Gasteiger partial charge >= 0.3 is 0 Å². The molecule has 5 nitrogen and oxygen atoms in total. The van der Waals surface area contributed by atoms with Crippen LogP contribution in [0.3, 0.4) is 0 Å². The molecule has 0 aromatic heterocycles. The fourth-order valence-corrected chi connectivity index (χ4v) is 2.91. The summed E-state index contributed by atoms with van der Waals surface area (Å²) in [5.74, 6) is -0.560. The highest BCUT2D eigenvalue weighted by molar-refractivity contribution is 5.91. The summed E-state index contributed by atoms with van der Waals surface area (Å²) >= 11 is 0. The van der Waals surface area contributed by atoms with Gasteiger partial charge in [0.15, 0.2) is 5.76 Å². The summed E-state index contributed by atoms with van der Waals surface area (Å²) in [6.45, 7) is 0.306. The molecular weight excluding hydrogens is 349 g/mol. The molecule has 0 spiro atoms. The van der Waals surface area contributed by atoms with Crippen LogP contribution < -0.4 is 5.32 Å². The number of ether oxygens (including phenoxy) is 2. The highest BCUT2D eigenvalue weighted by atomic mass is 19.1. The van der Waals surface area contributed by atoms with E-state index in [9.17, 15) is 9.18 Å². The van der Waals surface area contributed by atoms with Crippen LogP contribution >= 0.6 is 0 Å². The maximum absolute atomic E-state index is 13.2. The second kappa shape index (κ2) is 8.79. The third kappa shape index (κ3) is 4.93. The molecule has 2 aromatic rings. The normalized spacial score (nSPS) is 19.1. The Labute approximate surface area is 157 Å². The van der Waals surface area contributed by atoms with Crippen molar-refractivity contribution < 1.29 is 23.8 Å². The van der Waals surface area contributed by atoms with Gasteiger partial charge in [0.1, 0.15) is 5.82 Å². The van der Waals surface area contributed by atoms with Crippen molar-refractivity contribution in [2.45, 2.75) is 31.8 Å². The summed E-state index contributed by atoms with van der Waals surface area (Å²) < 4.78 is 24.8. The van der Waals surface area contributed by atoms with Crippen molar-refractivity contribution >= 4 is 5.91 Å². The van der Waals surface area contributed by atoms with E-state index in [1.165, 1.54) is 19.2 Å². The zero-order valence-electron chi connectivity index (χ0n) is 15.0. The van der Waals surface area contributed by atoms with Crippen molar-refractivity contribution in [3.8, 4) is 0 Å². The lowest BCUT2D eigenvalue weighted by molar-refractivity contribution is -0.150. The van der Waals surface area contributed by atoms with Crippen LogP contribution in [0.1, 0.15) is 29.0 Å². The summed E-state index contributed by atoms with van der Waals surface area (Å²) in [7, 11) is 1.53. The molecule has 2 atom stereocenters. The Bertz CT molecular complexity index is 802. The first kappa shape index (κ1) is 19.1. The molecule has 2 aromatic carbocycles. The first-order valence-corrected chi connectivity index (χ1v) is 8.75. The highest BCUT2D eigenvalue weighted by Crippen LogP contribution is 2.32. The number of benzene rings is 2. The van der Waals surface area contributed by atoms with Crippen molar-refractivity contribution in [2.24, 2.45) is 0 Å². The first-order valence-electron chi connectivity index (χ1n) is 8.75. The van der Waals surface area contributed by atoms with E-state index in [2.05, 4.69) is 5.32 Å². The SMILES string of the molecule is CNC(=O)C1=C[C@@H](c2ccc(F)cc2)C[C@@H](OCc2ccc(CO)cc2)O1. The topological polar surface area (TPSA) is 67.8 Å². The van der Waals surface area contributed by atoms with Gasteiger partial charge in [-0.15, -0.1) is 0 Å². The van der Waals surface area contributed by atoms with Gasteiger partial charge in [0.2, 0.25) is 6.29 Å². The van der Waals surface area contributed by atoms with Crippen molar-refractivity contribution in [3.63, 3.8) is 0 Å². The number of carbonyl (C=O) groups is 1. The first-order chi connectivity index (χ1) is 13.1. The van der Waals surface area contributed by atoms with Gasteiger partial charge in [-0.25, -0.2) is 4.39 Å². The molecule has 1 amide bonds. The fourth-order valence-electron chi connectivity index (χ4n) is 2.91. The van der Waals surface area contributed by atoms with E-state index in [1.807, 2.05) is 24.3 Å². The van der Waals surface area contributed by atoms with Crippen LogP contribution in [0.25, 0.3) is 0 Å². The molecule has 6 heteroatoms. The lowest BCUT2D eigenvalue weighted by Crippen LogP contribution is -2.31. The van der Waals surface area contributed by atoms with Gasteiger partial charge in [0.05, 0.1) is 13.2 Å². The van der Waals surface area contributed by atoms with Gasteiger partial charge in [0.25, 0.3) is 5.91 Å². The number of halogens is 1. The lowest BCUT2D eigenvalue weighted by Gasteiger charge is -2.29. The number of likely N-dealkylation sites (N-methyl/N-ethyl adjacent to an activating group) is 1. The van der Waals surface area contributed by atoms with E-state index in [0.717, 1.165) is 16.7 Å². The number of allylic oxidation sites excluding steroid dienone is 1. The molecule has 142 valence electrons. The predicted molar refractivity (Wildman–Crippen MR) is 97.9 cm³/mol. The van der Waals surface area contributed by atoms with E-state index in [1.54, 1.807) is 18.2 Å². The van der Waals surface area contributed by atoms with Gasteiger partial charge in [-0.05, 0) is 34.9 Å². The van der Waals surface area contributed by atoms with Crippen LogP contribution in [0.5, 0.6) is 0 Å². The Kier molecular flexibility index (Phi) is 6.21. The molecule has 0 saturated heterocycles. The largest absolute Gasteiger partial charge is 0.459 e. The Morgan fingerprint density at radius 3 is 2.48 bits per heavy atom. The standard InChI is InChI=1S/C21H22FNO4/c1-23-21(25)19-10-17(16-6-8-18(22)9-7-16)11-20(27-19)26-13-15-4-2-14(12-24)3-5-15/h2-10,17,20,24H,11-13H2,1H3,(H,23,25)/t17-,20+/m1/s1. The smallest absolute Gasteiger partial charge is 0.285 e. The number of amides is 1. The number of hydrogen-bond acceptors (Lipinski definition) is 4. The zero-order valence-corrected chi connectivity index (χ0v) is 15.0. The molecular formula is C21H22FNO4. The summed E-state index contributed by atoms with van der Waals surface area (Å²) in [5.41, 5.74) is 2.65. The molecule has 1 aliphatic heterocycles. The molecule has 0 aliphatic carbocycles. The molecule has 0 unspecified atom stereocenters. The average Bonchev–Trinajstić information content (AvgIpc) is 2.72. The number of nitrogens with one attached hydrogen (secondary N) is 1. The summed E-state index contributed by atoms with van der Waals surface area (Å²) in [6, 6.07) is 13.6. The maximum Gasteiger partial charge on any atom is 0.285 e. The summed E-state index contributed by atoms with van der Waals surface area (Å²) in [6.07, 6.45) is 1.65. The number of aliphatic hydroxyl groups excluding tert-OH is 1. The van der Waals surface area contributed by atoms with Gasteiger partial charge in [0, 0.05) is 19.4 Å². The van der Waals surface area contributed by atoms with Crippen molar-refractivity contribution in [1.82, 2.24) is 5.32 Å². The van der Waals surface area contributed by atoms with Crippen LogP contribution in [0.15, 0.2) is 60.4 Å². The maximum atomic E-state index is 13.2. The third-order valence-electron chi connectivity index (χ3n) is 4.45.